The van der Waals surface area contributed by atoms with Gasteiger partial charge in [0.25, 0.3) is 5.69 Å². The lowest BCUT2D eigenvalue weighted by Gasteiger charge is -2.38. The number of hydrogen-bond acceptors (Lipinski definition) is 3. The number of nitrogens with one attached hydrogen (secondary N) is 1. The van der Waals surface area contributed by atoms with E-state index in [9.17, 15) is 10.1 Å². The highest BCUT2D eigenvalue weighted by Gasteiger charge is 2.42. The number of fused-ring (bicyclic) bond motifs is 3. The number of nitrogens with zero attached hydrogens (tertiary/aromatic N) is 1. The van der Waals surface area contributed by atoms with E-state index in [0.29, 0.717) is 5.92 Å². The zero-order valence-electron chi connectivity index (χ0n) is 13.8. The standard InChI is InChI=1S/C20H20N2O2/c1-12-5-3-6-14(11-12)20-16-8-4-7-15(16)18-17(22(23)24)10-9-13(2)19(18)21-20/h3-7,9-11,15-16,20-21H,8H2,1-2H3. The highest BCUT2D eigenvalue weighted by molar-refractivity contribution is 5.70. The second kappa shape index (κ2) is 5.48. The summed E-state index contributed by atoms with van der Waals surface area (Å²) in [5.41, 5.74) is 5.56. The van der Waals surface area contributed by atoms with Crippen molar-refractivity contribution >= 4 is 11.4 Å². The van der Waals surface area contributed by atoms with Gasteiger partial charge in [-0.1, -0.05) is 48.0 Å². The van der Waals surface area contributed by atoms with Crippen molar-refractivity contribution in [2.75, 3.05) is 5.32 Å². The number of allylic oxidation sites excluding steroid dienone is 2. The minimum atomic E-state index is -0.254. The van der Waals surface area contributed by atoms with E-state index >= 15 is 0 Å². The average molecular weight is 320 g/mol. The van der Waals surface area contributed by atoms with Crippen molar-refractivity contribution in [2.24, 2.45) is 5.92 Å². The third-order valence-electron chi connectivity index (χ3n) is 5.30. The summed E-state index contributed by atoms with van der Waals surface area (Å²) in [5, 5.41) is 15.2. The van der Waals surface area contributed by atoms with Gasteiger partial charge in [0.05, 0.1) is 16.5 Å². The van der Waals surface area contributed by atoms with Gasteiger partial charge in [0.15, 0.2) is 0 Å². The van der Waals surface area contributed by atoms with Crippen LogP contribution in [0.15, 0.2) is 48.6 Å². The first-order chi connectivity index (χ1) is 11.6. The molecule has 0 bridgehead atoms. The van der Waals surface area contributed by atoms with Crippen LogP contribution in [0.25, 0.3) is 0 Å². The van der Waals surface area contributed by atoms with Gasteiger partial charge in [0.2, 0.25) is 0 Å². The number of aryl methyl sites for hydroxylation is 2. The molecule has 0 radical (unpaired) electrons. The molecule has 1 aliphatic carbocycles. The molecule has 4 rings (SSSR count). The first-order valence-electron chi connectivity index (χ1n) is 8.34. The maximum Gasteiger partial charge on any atom is 0.275 e. The van der Waals surface area contributed by atoms with E-state index < -0.39 is 0 Å². The van der Waals surface area contributed by atoms with E-state index in [0.717, 1.165) is 23.2 Å². The monoisotopic (exact) mass is 320 g/mol. The van der Waals surface area contributed by atoms with Crippen molar-refractivity contribution in [3.05, 3.63) is 80.9 Å². The van der Waals surface area contributed by atoms with E-state index in [1.165, 1.54) is 11.1 Å². The molecule has 0 fully saturated rings. The van der Waals surface area contributed by atoms with Gasteiger partial charge < -0.3 is 5.32 Å². The number of rotatable bonds is 2. The van der Waals surface area contributed by atoms with Gasteiger partial charge in [-0.3, -0.25) is 10.1 Å². The molecule has 3 atom stereocenters. The summed E-state index contributed by atoms with van der Waals surface area (Å²) in [6.07, 6.45) is 5.27. The molecular formula is C20H20N2O2. The zero-order chi connectivity index (χ0) is 16.8. The van der Waals surface area contributed by atoms with Crippen LogP contribution in [0.5, 0.6) is 0 Å². The molecule has 2 aliphatic rings. The molecule has 0 saturated heterocycles. The molecule has 1 aliphatic heterocycles. The molecular weight excluding hydrogens is 300 g/mol. The van der Waals surface area contributed by atoms with Crippen molar-refractivity contribution in [1.29, 1.82) is 0 Å². The third-order valence-corrected chi connectivity index (χ3v) is 5.30. The predicted octanol–water partition coefficient (Wildman–Crippen LogP) is 5.04. The van der Waals surface area contributed by atoms with Crippen molar-refractivity contribution < 1.29 is 4.92 Å². The van der Waals surface area contributed by atoms with Crippen LogP contribution in [-0.2, 0) is 0 Å². The first-order valence-corrected chi connectivity index (χ1v) is 8.34. The molecule has 0 aromatic heterocycles. The lowest BCUT2D eigenvalue weighted by molar-refractivity contribution is -0.385. The van der Waals surface area contributed by atoms with E-state index in [4.69, 9.17) is 0 Å². The number of hydrogen-bond donors (Lipinski definition) is 1. The normalized spacial score (nSPS) is 24.2. The Kier molecular flexibility index (Phi) is 3.41. The Balaban J connectivity index is 1.88. The summed E-state index contributed by atoms with van der Waals surface area (Å²) in [4.78, 5) is 11.3. The van der Waals surface area contributed by atoms with E-state index in [2.05, 4.69) is 48.7 Å². The van der Waals surface area contributed by atoms with Crippen LogP contribution in [0.4, 0.5) is 11.4 Å². The Labute approximate surface area is 141 Å². The van der Waals surface area contributed by atoms with E-state index in [-0.39, 0.29) is 22.6 Å². The van der Waals surface area contributed by atoms with Crippen LogP contribution in [0.2, 0.25) is 0 Å². The van der Waals surface area contributed by atoms with Crippen LogP contribution >= 0.6 is 0 Å². The fourth-order valence-corrected chi connectivity index (χ4v) is 4.19. The molecule has 2 aromatic carbocycles. The van der Waals surface area contributed by atoms with E-state index in [1.807, 2.05) is 13.0 Å². The Morgan fingerprint density at radius 2 is 2.04 bits per heavy atom. The molecule has 4 nitrogen and oxygen atoms in total. The van der Waals surface area contributed by atoms with Crippen LogP contribution in [0.1, 0.15) is 40.6 Å². The van der Waals surface area contributed by atoms with Crippen LogP contribution in [0.3, 0.4) is 0 Å². The summed E-state index contributed by atoms with van der Waals surface area (Å²) < 4.78 is 0. The minimum absolute atomic E-state index is 0.104. The second-order valence-corrected chi connectivity index (χ2v) is 6.84. The lowest BCUT2D eigenvalue weighted by atomic mass is 9.75. The van der Waals surface area contributed by atoms with Crippen LogP contribution in [-0.4, -0.2) is 4.92 Å². The Morgan fingerprint density at radius 1 is 1.21 bits per heavy atom. The van der Waals surface area contributed by atoms with Gasteiger partial charge >= 0.3 is 0 Å². The molecule has 24 heavy (non-hydrogen) atoms. The molecule has 1 heterocycles. The predicted molar refractivity (Wildman–Crippen MR) is 95.4 cm³/mol. The Morgan fingerprint density at radius 3 is 2.79 bits per heavy atom. The maximum absolute atomic E-state index is 11.5. The summed E-state index contributed by atoms with van der Waals surface area (Å²) in [5.74, 6) is 0.423. The van der Waals surface area contributed by atoms with Gasteiger partial charge in [-0.15, -0.1) is 0 Å². The van der Waals surface area contributed by atoms with Crippen molar-refractivity contribution in [3.8, 4) is 0 Å². The molecule has 0 saturated carbocycles. The fourth-order valence-electron chi connectivity index (χ4n) is 4.19. The number of nitro benzene ring substituents is 1. The molecule has 0 amide bonds. The zero-order valence-corrected chi connectivity index (χ0v) is 13.8. The van der Waals surface area contributed by atoms with Gasteiger partial charge in [-0.25, -0.2) is 0 Å². The number of anilines is 1. The third kappa shape index (κ3) is 2.21. The summed E-state index contributed by atoms with van der Waals surface area (Å²) in [6, 6.07) is 12.2. The van der Waals surface area contributed by atoms with E-state index in [1.54, 1.807) is 6.07 Å². The minimum Gasteiger partial charge on any atom is -0.377 e. The number of nitro groups is 1. The van der Waals surface area contributed by atoms with Crippen LogP contribution < -0.4 is 5.32 Å². The van der Waals surface area contributed by atoms with Crippen LogP contribution in [0, 0.1) is 29.9 Å². The maximum atomic E-state index is 11.5. The smallest absolute Gasteiger partial charge is 0.275 e. The van der Waals surface area contributed by atoms with Gasteiger partial charge in [0, 0.05) is 17.7 Å². The largest absolute Gasteiger partial charge is 0.377 e. The number of benzene rings is 2. The van der Waals surface area contributed by atoms with Crippen molar-refractivity contribution in [1.82, 2.24) is 0 Å². The summed E-state index contributed by atoms with van der Waals surface area (Å²) >= 11 is 0. The molecule has 1 N–H and O–H groups in total. The summed E-state index contributed by atoms with van der Waals surface area (Å²) in [7, 11) is 0. The molecule has 4 heteroatoms. The Hall–Kier alpha value is -2.62. The quantitative estimate of drug-likeness (QED) is 0.479. The highest BCUT2D eigenvalue weighted by Crippen LogP contribution is 2.53. The molecule has 3 unspecified atom stereocenters. The highest BCUT2D eigenvalue weighted by atomic mass is 16.6. The Bertz CT molecular complexity index is 857. The fraction of sp³-hybridized carbons (Fsp3) is 0.300. The summed E-state index contributed by atoms with van der Waals surface area (Å²) in [6.45, 7) is 4.11. The SMILES string of the molecule is Cc1cccc(C2Nc3c(C)ccc([N+](=O)[O-])c3C3C=CCC32)c1. The first kappa shape index (κ1) is 14.9. The van der Waals surface area contributed by atoms with Crippen molar-refractivity contribution in [2.45, 2.75) is 32.2 Å². The van der Waals surface area contributed by atoms with Gasteiger partial charge in [-0.2, -0.15) is 0 Å². The molecule has 2 aromatic rings. The van der Waals surface area contributed by atoms with Gasteiger partial charge in [-0.05, 0) is 37.3 Å². The topological polar surface area (TPSA) is 55.2 Å². The lowest BCUT2D eigenvalue weighted by Crippen LogP contribution is -2.30. The van der Waals surface area contributed by atoms with Gasteiger partial charge in [0.1, 0.15) is 0 Å². The molecule has 122 valence electrons. The average Bonchev–Trinajstić information content (AvgIpc) is 3.04. The molecule has 0 spiro atoms. The second-order valence-electron chi connectivity index (χ2n) is 6.84. The van der Waals surface area contributed by atoms with Crippen molar-refractivity contribution in [3.63, 3.8) is 0 Å².